The molecule has 0 unspecified atom stereocenters. The van der Waals surface area contributed by atoms with Crippen LogP contribution in [0.5, 0.6) is 5.88 Å². The van der Waals surface area contributed by atoms with Crippen molar-refractivity contribution < 1.29 is 4.74 Å². The molecule has 4 nitrogen and oxygen atoms in total. The van der Waals surface area contributed by atoms with Gasteiger partial charge in [-0.15, -0.1) is 0 Å². The van der Waals surface area contributed by atoms with Crippen LogP contribution >= 0.6 is 0 Å². The van der Waals surface area contributed by atoms with Crippen LogP contribution in [0.4, 0.5) is 0 Å². The number of nitrogens with one attached hydrogen (secondary N) is 1. The van der Waals surface area contributed by atoms with Gasteiger partial charge in [-0.1, -0.05) is 6.07 Å². The van der Waals surface area contributed by atoms with Gasteiger partial charge in [0.2, 0.25) is 5.88 Å². The van der Waals surface area contributed by atoms with E-state index in [0.717, 1.165) is 25.5 Å². The van der Waals surface area contributed by atoms with Crippen molar-refractivity contribution in [3.8, 4) is 5.88 Å². The Morgan fingerprint density at radius 3 is 3.12 bits per heavy atom. The second kappa shape index (κ2) is 3.71. The van der Waals surface area contributed by atoms with Gasteiger partial charge >= 0.3 is 0 Å². The third-order valence-corrected chi connectivity index (χ3v) is 3.63. The van der Waals surface area contributed by atoms with Crippen LogP contribution in [0.3, 0.4) is 0 Å². The van der Waals surface area contributed by atoms with Gasteiger partial charge in [-0.05, 0) is 12.5 Å². The number of pyridine rings is 1. The van der Waals surface area contributed by atoms with E-state index in [0.29, 0.717) is 12.1 Å². The third kappa shape index (κ3) is 1.41. The second-order valence-electron chi connectivity index (χ2n) is 4.58. The Labute approximate surface area is 95.6 Å². The maximum absolute atomic E-state index is 5.17. The molecule has 1 saturated heterocycles. The summed E-state index contributed by atoms with van der Waals surface area (Å²) >= 11 is 0. The lowest BCUT2D eigenvalue weighted by Crippen LogP contribution is -2.48. The Hall–Kier alpha value is -1.13. The molecule has 2 atom stereocenters. The van der Waals surface area contributed by atoms with Gasteiger partial charge < -0.3 is 10.1 Å². The topological polar surface area (TPSA) is 37.4 Å². The average molecular weight is 219 g/mol. The molecule has 0 aliphatic carbocycles. The quantitative estimate of drug-likeness (QED) is 0.762. The van der Waals surface area contributed by atoms with Crippen molar-refractivity contribution >= 4 is 0 Å². The van der Waals surface area contributed by atoms with Crippen LogP contribution in [0.25, 0.3) is 0 Å². The molecule has 0 aromatic carbocycles. The van der Waals surface area contributed by atoms with Crippen LogP contribution in [0.15, 0.2) is 12.1 Å². The number of rotatable bonds is 1. The molecule has 2 aliphatic rings. The highest BCUT2D eigenvalue weighted by Crippen LogP contribution is 2.36. The molecule has 2 aliphatic heterocycles. The van der Waals surface area contributed by atoms with Crippen molar-refractivity contribution in [1.82, 2.24) is 15.2 Å². The van der Waals surface area contributed by atoms with Gasteiger partial charge in [0.1, 0.15) is 0 Å². The number of piperazine rings is 1. The first-order chi connectivity index (χ1) is 7.79. The molecule has 0 saturated carbocycles. The van der Waals surface area contributed by atoms with E-state index in [4.69, 9.17) is 4.74 Å². The van der Waals surface area contributed by atoms with E-state index in [1.165, 1.54) is 11.3 Å². The van der Waals surface area contributed by atoms with Gasteiger partial charge in [0.15, 0.2) is 0 Å². The molecule has 1 aromatic heterocycles. The molecular formula is C12H17N3O. The fourth-order valence-corrected chi connectivity index (χ4v) is 2.73. The van der Waals surface area contributed by atoms with Crippen LogP contribution in [0.2, 0.25) is 0 Å². The number of hydrogen-bond acceptors (Lipinski definition) is 4. The minimum Gasteiger partial charge on any atom is -0.481 e. The van der Waals surface area contributed by atoms with E-state index in [1.54, 1.807) is 7.11 Å². The smallest absolute Gasteiger partial charge is 0.213 e. The Morgan fingerprint density at radius 2 is 2.31 bits per heavy atom. The number of ether oxygens (including phenoxy) is 1. The maximum atomic E-state index is 5.17. The SMILES string of the molecule is COc1ccc2c(n1)CN1[C@H](C)CNC[C@H]21. The molecule has 1 fully saturated rings. The first-order valence-corrected chi connectivity index (χ1v) is 5.80. The van der Waals surface area contributed by atoms with E-state index in [-0.39, 0.29) is 0 Å². The summed E-state index contributed by atoms with van der Waals surface area (Å²) in [5.74, 6) is 0.721. The number of nitrogens with zero attached hydrogens (tertiary/aromatic N) is 2. The van der Waals surface area contributed by atoms with Crippen LogP contribution in [-0.2, 0) is 6.54 Å². The molecule has 0 spiro atoms. The molecule has 1 N–H and O–H groups in total. The Kier molecular flexibility index (Phi) is 2.33. The lowest BCUT2D eigenvalue weighted by Gasteiger charge is -2.36. The lowest BCUT2D eigenvalue weighted by molar-refractivity contribution is 0.118. The summed E-state index contributed by atoms with van der Waals surface area (Å²) in [6, 6.07) is 5.20. The van der Waals surface area contributed by atoms with Crippen molar-refractivity contribution in [2.24, 2.45) is 0 Å². The van der Waals surface area contributed by atoms with Gasteiger partial charge in [0.25, 0.3) is 0 Å². The van der Waals surface area contributed by atoms with Crippen molar-refractivity contribution in [2.75, 3.05) is 20.2 Å². The average Bonchev–Trinajstić information content (AvgIpc) is 2.68. The summed E-state index contributed by atoms with van der Waals surface area (Å²) in [4.78, 5) is 7.06. The molecule has 0 bridgehead atoms. The maximum Gasteiger partial charge on any atom is 0.213 e. The number of fused-ring (bicyclic) bond motifs is 3. The van der Waals surface area contributed by atoms with Gasteiger partial charge in [0.05, 0.1) is 12.8 Å². The summed E-state index contributed by atoms with van der Waals surface area (Å²) in [5, 5.41) is 3.47. The van der Waals surface area contributed by atoms with E-state index in [2.05, 4.69) is 28.2 Å². The van der Waals surface area contributed by atoms with Gasteiger partial charge in [-0.3, -0.25) is 4.90 Å². The Balaban J connectivity index is 1.96. The summed E-state index contributed by atoms with van der Waals surface area (Å²) in [6.45, 7) is 5.33. The van der Waals surface area contributed by atoms with E-state index >= 15 is 0 Å². The van der Waals surface area contributed by atoms with Crippen molar-refractivity contribution in [3.63, 3.8) is 0 Å². The van der Waals surface area contributed by atoms with Crippen LogP contribution in [0, 0.1) is 0 Å². The summed E-state index contributed by atoms with van der Waals surface area (Å²) in [6.07, 6.45) is 0. The molecule has 0 radical (unpaired) electrons. The summed E-state index contributed by atoms with van der Waals surface area (Å²) in [5.41, 5.74) is 2.54. The molecule has 16 heavy (non-hydrogen) atoms. The highest BCUT2D eigenvalue weighted by molar-refractivity contribution is 5.33. The van der Waals surface area contributed by atoms with Crippen LogP contribution < -0.4 is 10.1 Å². The van der Waals surface area contributed by atoms with Crippen LogP contribution in [0.1, 0.15) is 24.2 Å². The minimum absolute atomic E-state index is 0.497. The Bertz CT molecular complexity index is 407. The van der Waals surface area contributed by atoms with Gasteiger partial charge in [-0.25, -0.2) is 4.98 Å². The predicted octanol–water partition coefficient (Wildman–Crippen LogP) is 0.939. The standard InChI is InChI=1S/C12H17N3O/c1-8-5-13-6-11-9-3-4-12(16-2)14-10(9)7-15(8)11/h3-4,8,11,13H,5-7H2,1-2H3/t8-,11-/m1/s1. The van der Waals surface area contributed by atoms with E-state index in [9.17, 15) is 0 Å². The normalized spacial score (nSPS) is 28.6. The van der Waals surface area contributed by atoms with Crippen LogP contribution in [-0.4, -0.2) is 36.1 Å². The fourth-order valence-electron chi connectivity index (χ4n) is 2.73. The Morgan fingerprint density at radius 1 is 1.44 bits per heavy atom. The van der Waals surface area contributed by atoms with Crippen molar-refractivity contribution in [3.05, 3.63) is 23.4 Å². The first-order valence-electron chi connectivity index (χ1n) is 5.80. The molecule has 1 aromatic rings. The van der Waals surface area contributed by atoms with Crippen molar-refractivity contribution in [1.29, 1.82) is 0 Å². The highest BCUT2D eigenvalue weighted by Gasteiger charge is 2.36. The molecule has 86 valence electrons. The summed E-state index contributed by atoms with van der Waals surface area (Å²) in [7, 11) is 1.67. The highest BCUT2D eigenvalue weighted by atomic mass is 16.5. The predicted molar refractivity (Wildman–Crippen MR) is 61.4 cm³/mol. The monoisotopic (exact) mass is 219 g/mol. The molecule has 3 heterocycles. The summed E-state index contributed by atoms with van der Waals surface area (Å²) < 4.78 is 5.17. The van der Waals surface area contributed by atoms with Crippen molar-refractivity contribution in [2.45, 2.75) is 25.6 Å². The second-order valence-corrected chi connectivity index (χ2v) is 4.58. The largest absolute Gasteiger partial charge is 0.481 e. The lowest BCUT2D eigenvalue weighted by atomic mass is 10.1. The molecule has 0 amide bonds. The number of methoxy groups -OCH3 is 1. The fraction of sp³-hybridized carbons (Fsp3) is 0.583. The minimum atomic E-state index is 0.497. The molecule has 4 heteroatoms. The molecular weight excluding hydrogens is 202 g/mol. The zero-order valence-corrected chi connectivity index (χ0v) is 9.73. The zero-order valence-electron chi connectivity index (χ0n) is 9.73. The zero-order chi connectivity index (χ0) is 11.1. The number of aromatic nitrogens is 1. The van der Waals surface area contributed by atoms with Gasteiger partial charge in [-0.2, -0.15) is 0 Å². The van der Waals surface area contributed by atoms with E-state index in [1.807, 2.05) is 6.07 Å². The van der Waals surface area contributed by atoms with E-state index < -0.39 is 0 Å². The third-order valence-electron chi connectivity index (χ3n) is 3.63. The number of hydrogen-bond donors (Lipinski definition) is 1. The van der Waals surface area contributed by atoms with Gasteiger partial charge in [0, 0.05) is 37.8 Å². The molecule has 3 rings (SSSR count). The first kappa shape index (κ1) is 10.1.